The van der Waals surface area contributed by atoms with Gasteiger partial charge in [-0.05, 0) is 76.0 Å². The molecule has 3 heterocycles. The lowest BCUT2D eigenvalue weighted by Crippen LogP contribution is -2.36. The van der Waals surface area contributed by atoms with E-state index < -0.39 is 0 Å². The van der Waals surface area contributed by atoms with Gasteiger partial charge in [0, 0.05) is 24.6 Å². The molecule has 2 saturated carbocycles. The van der Waals surface area contributed by atoms with E-state index in [1.54, 1.807) is 0 Å². The van der Waals surface area contributed by atoms with Crippen LogP contribution in [0.1, 0.15) is 67.9 Å². The first-order valence-electron chi connectivity index (χ1n) is 11.8. The summed E-state index contributed by atoms with van der Waals surface area (Å²) in [5.74, 6) is 2.77. The average molecular weight is 435 g/mol. The minimum Gasteiger partial charge on any atom is -0.381 e. The van der Waals surface area contributed by atoms with Crippen molar-refractivity contribution in [2.45, 2.75) is 70.6 Å². The first kappa shape index (κ1) is 20.0. The minimum atomic E-state index is -0.0127. The van der Waals surface area contributed by atoms with Crippen molar-refractivity contribution < 1.29 is 14.1 Å². The first-order valence-corrected chi connectivity index (χ1v) is 11.8. The number of nitrogens with zero attached hydrogens (tertiary/aromatic N) is 3. The molecule has 168 valence electrons. The van der Waals surface area contributed by atoms with Crippen LogP contribution in [0.5, 0.6) is 0 Å². The fourth-order valence-electron chi connectivity index (χ4n) is 5.98. The van der Waals surface area contributed by atoms with E-state index in [4.69, 9.17) is 14.2 Å². The van der Waals surface area contributed by atoms with Crippen LogP contribution in [0, 0.1) is 25.7 Å². The van der Waals surface area contributed by atoms with Crippen LogP contribution in [0.3, 0.4) is 0 Å². The van der Waals surface area contributed by atoms with Crippen molar-refractivity contribution in [3.63, 3.8) is 0 Å². The Hall–Kier alpha value is -2.67. The van der Waals surface area contributed by atoms with E-state index in [-0.39, 0.29) is 17.9 Å². The van der Waals surface area contributed by atoms with E-state index >= 15 is 0 Å². The van der Waals surface area contributed by atoms with Crippen LogP contribution < -0.4 is 5.32 Å². The number of methoxy groups -OCH3 is 1. The van der Waals surface area contributed by atoms with Gasteiger partial charge in [-0.15, -0.1) is 0 Å². The zero-order valence-corrected chi connectivity index (χ0v) is 18.9. The molecule has 2 aromatic heterocycles. The Balaban J connectivity index is 1.44. The van der Waals surface area contributed by atoms with Crippen LogP contribution in [0.15, 0.2) is 22.7 Å². The lowest BCUT2D eigenvalue weighted by atomic mass is 9.92. The molecule has 32 heavy (non-hydrogen) atoms. The molecule has 3 fully saturated rings. The number of benzene rings is 1. The summed E-state index contributed by atoms with van der Waals surface area (Å²) >= 11 is 0. The molecule has 3 atom stereocenters. The largest absolute Gasteiger partial charge is 0.381 e. The molecule has 1 aromatic carbocycles. The molecule has 0 radical (unpaired) electrons. The summed E-state index contributed by atoms with van der Waals surface area (Å²) in [4.78, 5) is 17.6. The standard InChI is InChI=1S/C25H30N4O3/c1-13-23(14(2)32-28-13)15-4-9-22-20(11-15)26-24(21-12-16-10-19(16)25(30)27-21)29(22)17-5-7-18(31-3)8-6-17/h4,9,11,16-19,21H,5-8,10,12H2,1-3H3,(H,27,30)/t16?,17?,18?,19?,21-/m0/s1. The Morgan fingerprint density at radius 3 is 2.66 bits per heavy atom. The summed E-state index contributed by atoms with van der Waals surface area (Å²) < 4.78 is 13.4. The highest BCUT2D eigenvalue weighted by atomic mass is 16.5. The zero-order chi connectivity index (χ0) is 22.0. The predicted molar refractivity (Wildman–Crippen MR) is 120 cm³/mol. The number of rotatable bonds is 4. The van der Waals surface area contributed by atoms with Crippen molar-refractivity contribution in [3.8, 4) is 11.1 Å². The maximum Gasteiger partial charge on any atom is 0.223 e. The number of hydrogen-bond acceptors (Lipinski definition) is 5. The average Bonchev–Trinajstić information content (AvgIpc) is 3.39. The van der Waals surface area contributed by atoms with Gasteiger partial charge in [0.1, 0.15) is 11.6 Å². The second-order valence-electron chi connectivity index (χ2n) is 9.81. The number of aryl methyl sites for hydroxylation is 2. The molecule has 6 rings (SSSR count). The van der Waals surface area contributed by atoms with Gasteiger partial charge in [-0.3, -0.25) is 4.79 Å². The molecule has 1 saturated heterocycles. The van der Waals surface area contributed by atoms with Gasteiger partial charge in [-0.2, -0.15) is 0 Å². The van der Waals surface area contributed by atoms with Gasteiger partial charge in [0.15, 0.2) is 0 Å². The number of piperidine rings is 1. The van der Waals surface area contributed by atoms with E-state index in [2.05, 4.69) is 33.2 Å². The third kappa shape index (κ3) is 3.17. The van der Waals surface area contributed by atoms with Crippen LogP contribution in [0.25, 0.3) is 22.2 Å². The second-order valence-corrected chi connectivity index (χ2v) is 9.81. The summed E-state index contributed by atoms with van der Waals surface area (Å²) in [7, 11) is 1.81. The third-order valence-electron chi connectivity index (χ3n) is 7.81. The molecular formula is C25H30N4O3. The number of amides is 1. The minimum absolute atomic E-state index is 0.0127. The van der Waals surface area contributed by atoms with Crippen LogP contribution in [-0.2, 0) is 9.53 Å². The summed E-state index contributed by atoms with van der Waals surface area (Å²) in [6, 6.07) is 6.84. The monoisotopic (exact) mass is 434 g/mol. The summed E-state index contributed by atoms with van der Waals surface area (Å²) in [6.07, 6.45) is 6.60. The van der Waals surface area contributed by atoms with Crippen LogP contribution in [0.2, 0.25) is 0 Å². The van der Waals surface area contributed by atoms with Gasteiger partial charge in [0.05, 0.1) is 28.9 Å². The molecule has 7 nitrogen and oxygen atoms in total. The number of ether oxygens (including phenoxy) is 1. The lowest BCUT2D eigenvalue weighted by Gasteiger charge is -2.32. The molecule has 1 amide bonds. The zero-order valence-electron chi connectivity index (χ0n) is 18.9. The Labute approximate surface area is 187 Å². The van der Waals surface area contributed by atoms with E-state index in [0.717, 1.165) is 78.0 Å². The van der Waals surface area contributed by atoms with E-state index in [0.29, 0.717) is 18.1 Å². The van der Waals surface area contributed by atoms with E-state index in [1.165, 1.54) is 0 Å². The fraction of sp³-hybridized carbons (Fsp3) is 0.560. The summed E-state index contributed by atoms with van der Waals surface area (Å²) in [5, 5.41) is 7.39. The smallest absolute Gasteiger partial charge is 0.223 e. The van der Waals surface area contributed by atoms with Crippen molar-refractivity contribution in [1.82, 2.24) is 20.0 Å². The highest BCUT2D eigenvalue weighted by Gasteiger charge is 2.49. The van der Waals surface area contributed by atoms with Gasteiger partial charge < -0.3 is 19.1 Å². The molecule has 0 bridgehead atoms. The van der Waals surface area contributed by atoms with Crippen molar-refractivity contribution in [3.05, 3.63) is 35.5 Å². The SMILES string of the molecule is COC1CCC(n2c([C@@H]3CC4CC4C(=O)N3)nc3cc(-c4c(C)noc4C)ccc32)CC1. The normalized spacial score (nSPS) is 29.7. The number of fused-ring (bicyclic) bond motifs is 2. The van der Waals surface area contributed by atoms with Gasteiger partial charge in [-0.1, -0.05) is 11.2 Å². The van der Waals surface area contributed by atoms with E-state index in [1.807, 2.05) is 21.0 Å². The molecule has 2 unspecified atom stereocenters. The molecule has 7 heteroatoms. The molecular weight excluding hydrogens is 404 g/mol. The molecule has 3 aromatic rings. The maximum atomic E-state index is 12.5. The predicted octanol–water partition coefficient (Wildman–Crippen LogP) is 4.64. The lowest BCUT2D eigenvalue weighted by molar-refractivity contribution is -0.124. The molecule has 2 aliphatic carbocycles. The van der Waals surface area contributed by atoms with Crippen LogP contribution >= 0.6 is 0 Å². The number of imidazole rings is 1. The number of nitrogens with one attached hydrogen (secondary N) is 1. The molecule has 3 aliphatic rings. The Morgan fingerprint density at radius 2 is 1.97 bits per heavy atom. The summed E-state index contributed by atoms with van der Waals surface area (Å²) in [6.45, 7) is 3.92. The number of carbonyl (C=O) groups excluding carboxylic acids is 1. The van der Waals surface area contributed by atoms with Crippen LogP contribution in [-0.4, -0.2) is 33.8 Å². The quantitative estimate of drug-likeness (QED) is 0.647. The topological polar surface area (TPSA) is 82.2 Å². The van der Waals surface area contributed by atoms with Crippen molar-refractivity contribution in [2.75, 3.05) is 7.11 Å². The summed E-state index contributed by atoms with van der Waals surface area (Å²) in [5.41, 5.74) is 5.11. The number of carbonyl (C=O) groups is 1. The molecule has 1 aliphatic heterocycles. The van der Waals surface area contributed by atoms with Gasteiger partial charge >= 0.3 is 0 Å². The molecule has 0 spiro atoms. The van der Waals surface area contributed by atoms with Gasteiger partial charge in [-0.25, -0.2) is 4.98 Å². The maximum absolute atomic E-state index is 12.5. The number of hydrogen-bond donors (Lipinski definition) is 1. The van der Waals surface area contributed by atoms with Crippen molar-refractivity contribution >= 4 is 16.9 Å². The van der Waals surface area contributed by atoms with Gasteiger partial charge in [0.25, 0.3) is 0 Å². The van der Waals surface area contributed by atoms with Crippen molar-refractivity contribution in [1.29, 1.82) is 0 Å². The first-order chi connectivity index (χ1) is 15.5. The third-order valence-corrected chi connectivity index (χ3v) is 7.81. The Bertz CT molecular complexity index is 1170. The van der Waals surface area contributed by atoms with Crippen LogP contribution in [0.4, 0.5) is 0 Å². The Morgan fingerprint density at radius 1 is 1.16 bits per heavy atom. The molecule has 1 N–H and O–H groups in total. The Kier molecular flexibility index (Phi) is 4.64. The van der Waals surface area contributed by atoms with Gasteiger partial charge in [0.2, 0.25) is 5.91 Å². The number of aromatic nitrogens is 3. The highest BCUT2D eigenvalue weighted by molar-refractivity contribution is 5.85. The highest BCUT2D eigenvalue weighted by Crippen LogP contribution is 2.49. The van der Waals surface area contributed by atoms with E-state index in [9.17, 15) is 4.79 Å². The fourth-order valence-corrected chi connectivity index (χ4v) is 5.98. The van der Waals surface area contributed by atoms with Crippen molar-refractivity contribution in [2.24, 2.45) is 11.8 Å². The second kappa shape index (κ2) is 7.44.